The molecule has 2 aromatic rings. The number of hydrogen-bond donors (Lipinski definition) is 1. The van der Waals surface area contributed by atoms with Gasteiger partial charge in [-0.3, -0.25) is 9.78 Å². The van der Waals surface area contributed by atoms with Crippen LogP contribution < -0.4 is 9.47 Å². The summed E-state index contributed by atoms with van der Waals surface area (Å²) in [5, 5.41) is 10.4. The summed E-state index contributed by atoms with van der Waals surface area (Å²) in [6.45, 7) is 17.8. The molecule has 42 heavy (non-hydrogen) atoms. The van der Waals surface area contributed by atoms with Crippen molar-refractivity contribution in [3.8, 4) is 11.5 Å². The summed E-state index contributed by atoms with van der Waals surface area (Å²) >= 11 is 0. The quantitative estimate of drug-likeness (QED) is 0.158. The predicted octanol–water partition coefficient (Wildman–Crippen LogP) is 9.56. The van der Waals surface area contributed by atoms with Gasteiger partial charge in [0.1, 0.15) is 23.2 Å². The Hall–Kier alpha value is -2.40. The van der Waals surface area contributed by atoms with Gasteiger partial charge in [0.15, 0.2) is 0 Å². The lowest BCUT2D eigenvalue weighted by Gasteiger charge is -2.38. The van der Waals surface area contributed by atoms with E-state index in [9.17, 15) is 9.90 Å². The molecule has 5 nitrogen and oxygen atoms in total. The molecule has 1 aromatic heterocycles. The van der Waals surface area contributed by atoms with Crippen molar-refractivity contribution in [3.05, 3.63) is 52.3 Å². The van der Waals surface area contributed by atoms with Gasteiger partial charge in [-0.15, -0.1) is 0 Å². The number of esters is 1. The Bertz CT molecular complexity index is 1140. The fourth-order valence-electron chi connectivity index (χ4n) is 6.40. The normalized spacial score (nSPS) is 18.7. The van der Waals surface area contributed by atoms with Crippen LogP contribution >= 0.6 is 0 Å². The maximum atomic E-state index is 12.8. The van der Waals surface area contributed by atoms with Crippen molar-refractivity contribution < 1.29 is 19.4 Å². The van der Waals surface area contributed by atoms with Crippen molar-refractivity contribution in [2.24, 2.45) is 17.8 Å². The first-order chi connectivity index (χ1) is 19.9. The van der Waals surface area contributed by atoms with Crippen LogP contribution in [0.25, 0.3) is 0 Å². The number of aliphatic hydroxyl groups excluding tert-OH is 1. The predicted molar refractivity (Wildman–Crippen MR) is 172 cm³/mol. The van der Waals surface area contributed by atoms with Gasteiger partial charge in [-0.05, 0) is 100.0 Å². The number of nitrogens with zero attached hydrogens (tertiary/aromatic N) is 1. The van der Waals surface area contributed by atoms with E-state index in [1.807, 2.05) is 13.8 Å². The molecule has 0 aliphatic carbocycles. The van der Waals surface area contributed by atoms with E-state index < -0.39 is 12.1 Å². The molecule has 0 amide bonds. The standard InChI is InChI=1S/C37H57NO4/c1-25(2)14-11-15-26(3)16-12-17-27(4)18-13-21-37(8)22-20-31-30(7)35(28(5)29(6)36(31)42-37)41-34(40)24-33(39)32-19-9-10-23-38-32/h9-10,19,23,25-27,33,39H,11-18,20-22,24H2,1-8H3/t26-,27-,33?,37-/m1/s1. The fraction of sp³-hybridized carbons (Fsp3) is 0.676. The van der Waals surface area contributed by atoms with Gasteiger partial charge in [0, 0.05) is 11.8 Å². The first-order valence-corrected chi connectivity index (χ1v) is 16.5. The van der Waals surface area contributed by atoms with Crippen molar-refractivity contribution in [3.63, 3.8) is 0 Å². The van der Waals surface area contributed by atoms with E-state index in [0.717, 1.165) is 65.0 Å². The van der Waals surface area contributed by atoms with Gasteiger partial charge in [-0.1, -0.05) is 78.7 Å². The van der Waals surface area contributed by atoms with Crippen molar-refractivity contribution in [2.75, 3.05) is 0 Å². The average molecular weight is 580 g/mol. The summed E-state index contributed by atoms with van der Waals surface area (Å²) in [4.78, 5) is 16.9. The van der Waals surface area contributed by atoms with Gasteiger partial charge in [-0.2, -0.15) is 0 Å². The zero-order chi connectivity index (χ0) is 30.9. The number of benzene rings is 1. The molecule has 234 valence electrons. The van der Waals surface area contributed by atoms with E-state index in [1.54, 1.807) is 24.4 Å². The first-order valence-electron chi connectivity index (χ1n) is 16.5. The average Bonchev–Trinajstić information content (AvgIpc) is 2.94. The van der Waals surface area contributed by atoms with Gasteiger partial charge >= 0.3 is 5.97 Å². The SMILES string of the molecule is Cc1c(C)c2c(c(C)c1OC(=O)CC(O)c1ccccn1)CC[C@@](C)(CCC[C@H](C)CCC[C@H](C)CCCC(C)C)O2. The Morgan fingerprint density at radius 2 is 1.60 bits per heavy atom. The Labute approximate surface area is 255 Å². The van der Waals surface area contributed by atoms with Crippen molar-refractivity contribution in [1.29, 1.82) is 0 Å². The summed E-state index contributed by atoms with van der Waals surface area (Å²) in [7, 11) is 0. The van der Waals surface area contributed by atoms with E-state index in [-0.39, 0.29) is 12.0 Å². The molecule has 5 heteroatoms. The monoisotopic (exact) mass is 579 g/mol. The topological polar surface area (TPSA) is 68.7 Å². The highest BCUT2D eigenvalue weighted by atomic mass is 16.5. The van der Waals surface area contributed by atoms with Gasteiger partial charge in [0.25, 0.3) is 0 Å². The number of carbonyl (C=O) groups excluding carboxylic acids is 1. The lowest BCUT2D eigenvalue weighted by molar-refractivity contribution is -0.136. The number of fused-ring (bicyclic) bond motifs is 1. The van der Waals surface area contributed by atoms with Crippen LogP contribution in [0.2, 0.25) is 0 Å². The Balaban J connectivity index is 1.51. The molecule has 0 saturated heterocycles. The Morgan fingerprint density at radius 1 is 0.952 bits per heavy atom. The van der Waals surface area contributed by atoms with Crippen LogP contribution in [0.3, 0.4) is 0 Å². The van der Waals surface area contributed by atoms with Gasteiger partial charge in [-0.25, -0.2) is 0 Å². The zero-order valence-corrected chi connectivity index (χ0v) is 27.7. The second-order valence-corrected chi connectivity index (χ2v) is 13.9. The lowest BCUT2D eigenvalue weighted by Crippen LogP contribution is -2.37. The number of rotatable bonds is 16. The summed E-state index contributed by atoms with van der Waals surface area (Å²) in [5.41, 5.74) is 4.34. The van der Waals surface area contributed by atoms with E-state index >= 15 is 0 Å². The second kappa shape index (κ2) is 15.9. The van der Waals surface area contributed by atoms with Crippen LogP contribution in [0.5, 0.6) is 11.5 Å². The number of carbonyl (C=O) groups is 1. The molecule has 1 aliphatic heterocycles. The molecule has 1 N–H and O–H groups in total. The Kier molecular flexibility index (Phi) is 12.9. The molecule has 1 unspecified atom stereocenters. The summed E-state index contributed by atoms with van der Waals surface area (Å²) < 4.78 is 12.6. The summed E-state index contributed by atoms with van der Waals surface area (Å²) in [6.07, 6.45) is 14.0. The molecule has 0 spiro atoms. The van der Waals surface area contributed by atoms with Crippen LogP contribution in [-0.2, 0) is 11.2 Å². The molecule has 0 saturated carbocycles. The number of ether oxygens (including phenoxy) is 2. The van der Waals surface area contributed by atoms with Crippen molar-refractivity contribution >= 4 is 5.97 Å². The van der Waals surface area contributed by atoms with Gasteiger partial charge in [0.2, 0.25) is 0 Å². The van der Waals surface area contributed by atoms with E-state index in [0.29, 0.717) is 11.4 Å². The largest absolute Gasteiger partial charge is 0.487 e. The number of aromatic nitrogens is 1. The third kappa shape index (κ3) is 9.82. The van der Waals surface area contributed by atoms with Gasteiger partial charge in [0.05, 0.1) is 12.1 Å². The van der Waals surface area contributed by atoms with Crippen LogP contribution in [0.4, 0.5) is 0 Å². The number of hydrogen-bond acceptors (Lipinski definition) is 5. The van der Waals surface area contributed by atoms with Gasteiger partial charge < -0.3 is 14.6 Å². The van der Waals surface area contributed by atoms with Crippen LogP contribution in [-0.4, -0.2) is 21.7 Å². The van der Waals surface area contributed by atoms with Crippen LogP contribution in [0, 0.1) is 38.5 Å². The third-order valence-electron chi connectivity index (χ3n) is 9.44. The molecule has 1 aliphatic rings. The van der Waals surface area contributed by atoms with Crippen LogP contribution in [0.15, 0.2) is 24.4 Å². The highest BCUT2D eigenvalue weighted by molar-refractivity contribution is 5.75. The smallest absolute Gasteiger partial charge is 0.314 e. The minimum atomic E-state index is -0.993. The lowest BCUT2D eigenvalue weighted by atomic mass is 9.83. The minimum Gasteiger partial charge on any atom is -0.487 e. The minimum absolute atomic E-state index is 0.143. The molecule has 3 rings (SSSR count). The number of pyridine rings is 1. The maximum Gasteiger partial charge on any atom is 0.314 e. The Morgan fingerprint density at radius 3 is 2.21 bits per heavy atom. The molecular weight excluding hydrogens is 522 g/mol. The summed E-state index contributed by atoms with van der Waals surface area (Å²) in [6, 6.07) is 5.29. The third-order valence-corrected chi connectivity index (χ3v) is 9.44. The second-order valence-electron chi connectivity index (χ2n) is 13.9. The van der Waals surface area contributed by atoms with Crippen molar-refractivity contribution in [2.45, 2.75) is 144 Å². The molecule has 0 fully saturated rings. The van der Waals surface area contributed by atoms with Crippen molar-refractivity contribution in [1.82, 2.24) is 4.98 Å². The highest BCUT2D eigenvalue weighted by Crippen LogP contribution is 2.45. The molecule has 2 heterocycles. The molecule has 4 atom stereocenters. The maximum absolute atomic E-state index is 12.8. The molecule has 0 radical (unpaired) electrons. The highest BCUT2D eigenvalue weighted by Gasteiger charge is 2.35. The molecule has 0 bridgehead atoms. The first kappa shape index (κ1) is 34.1. The fourth-order valence-corrected chi connectivity index (χ4v) is 6.40. The summed E-state index contributed by atoms with van der Waals surface area (Å²) in [5.74, 6) is 3.53. The zero-order valence-electron chi connectivity index (χ0n) is 27.7. The van der Waals surface area contributed by atoms with E-state index in [4.69, 9.17) is 9.47 Å². The molecule has 1 aromatic carbocycles. The van der Waals surface area contributed by atoms with E-state index in [1.165, 1.54) is 51.4 Å². The van der Waals surface area contributed by atoms with E-state index in [2.05, 4.69) is 46.5 Å². The molecular formula is C37H57NO4. The van der Waals surface area contributed by atoms with Crippen LogP contribution in [0.1, 0.15) is 139 Å². The number of aliphatic hydroxyl groups is 1.